The predicted octanol–water partition coefficient (Wildman–Crippen LogP) is 6.06. The lowest BCUT2D eigenvalue weighted by Crippen LogP contribution is -2.35. The normalized spacial score (nSPS) is 18.0. The third-order valence-corrected chi connectivity index (χ3v) is 7.33. The van der Waals surface area contributed by atoms with Crippen molar-refractivity contribution in [3.05, 3.63) is 52.5 Å². The predicted molar refractivity (Wildman–Crippen MR) is 131 cm³/mol. The van der Waals surface area contributed by atoms with Crippen LogP contribution in [0.4, 0.5) is 24.5 Å². The number of hydrogen-bond donors (Lipinski definition) is 2. The number of anilines is 2. The minimum Gasteiger partial charge on any atom is -0.490 e. The molecule has 0 unspecified atom stereocenters. The second-order valence-electron chi connectivity index (χ2n) is 9.58. The van der Waals surface area contributed by atoms with Crippen molar-refractivity contribution in [2.45, 2.75) is 44.2 Å². The SMILES string of the molecule is C[C@H]([C@H](C(=O)Nc1cc([C@@H](CC(=O)O)C2CC2)ccc1Cl)c1ccc2c(c1)N(C)CCO2)C(F)(F)F. The van der Waals surface area contributed by atoms with Gasteiger partial charge in [-0.2, -0.15) is 13.2 Å². The average molecular weight is 525 g/mol. The number of halogens is 4. The number of nitrogens with zero attached hydrogens (tertiary/aromatic N) is 1. The maximum Gasteiger partial charge on any atom is 0.392 e. The third-order valence-electron chi connectivity index (χ3n) is 7.00. The van der Waals surface area contributed by atoms with Crippen LogP contribution in [-0.2, 0) is 9.59 Å². The molecule has 0 spiro atoms. The zero-order chi connectivity index (χ0) is 26.2. The highest BCUT2D eigenvalue weighted by Gasteiger charge is 2.45. The van der Waals surface area contributed by atoms with Gasteiger partial charge in [-0.1, -0.05) is 30.7 Å². The van der Waals surface area contributed by atoms with E-state index >= 15 is 0 Å². The van der Waals surface area contributed by atoms with Crippen LogP contribution in [0.3, 0.4) is 0 Å². The molecule has 0 bridgehead atoms. The second kappa shape index (κ2) is 10.2. The number of aliphatic carboxylic acids is 1. The first-order chi connectivity index (χ1) is 17.0. The molecule has 1 fully saturated rings. The van der Waals surface area contributed by atoms with E-state index in [4.69, 9.17) is 16.3 Å². The lowest BCUT2D eigenvalue weighted by Gasteiger charge is -2.30. The smallest absolute Gasteiger partial charge is 0.392 e. The van der Waals surface area contributed by atoms with Crippen LogP contribution in [0.15, 0.2) is 36.4 Å². The Labute approximate surface area is 212 Å². The van der Waals surface area contributed by atoms with Gasteiger partial charge in [-0.3, -0.25) is 9.59 Å². The van der Waals surface area contributed by atoms with Crippen LogP contribution in [0, 0.1) is 11.8 Å². The molecular formula is C26H28ClF3N2O4. The van der Waals surface area contributed by atoms with Crippen molar-refractivity contribution < 1.29 is 32.6 Å². The van der Waals surface area contributed by atoms with Gasteiger partial charge in [-0.25, -0.2) is 0 Å². The lowest BCUT2D eigenvalue weighted by molar-refractivity contribution is -0.178. The topological polar surface area (TPSA) is 78.9 Å². The van der Waals surface area contributed by atoms with E-state index in [1.54, 1.807) is 24.3 Å². The first kappa shape index (κ1) is 26.1. The molecule has 2 N–H and O–H groups in total. The van der Waals surface area contributed by atoms with Gasteiger partial charge < -0.3 is 20.1 Å². The van der Waals surface area contributed by atoms with E-state index in [1.165, 1.54) is 12.1 Å². The molecule has 194 valence electrons. The first-order valence-electron chi connectivity index (χ1n) is 11.8. The molecule has 0 radical (unpaired) electrons. The molecule has 2 aliphatic rings. The number of carboxylic acid groups (broad SMARTS) is 1. The van der Waals surface area contributed by atoms with Crippen LogP contribution in [0.2, 0.25) is 5.02 Å². The van der Waals surface area contributed by atoms with Gasteiger partial charge in [0, 0.05) is 7.05 Å². The highest BCUT2D eigenvalue weighted by molar-refractivity contribution is 6.33. The number of nitrogens with one attached hydrogen (secondary N) is 1. The summed E-state index contributed by atoms with van der Waals surface area (Å²) >= 11 is 6.30. The highest BCUT2D eigenvalue weighted by atomic mass is 35.5. The van der Waals surface area contributed by atoms with Gasteiger partial charge in [-0.05, 0) is 60.1 Å². The van der Waals surface area contributed by atoms with E-state index in [1.807, 2.05) is 11.9 Å². The van der Waals surface area contributed by atoms with Gasteiger partial charge in [0.2, 0.25) is 5.91 Å². The van der Waals surface area contributed by atoms with Crippen LogP contribution >= 0.6 is 11.6 Å². The molecule has 10 heteroatoms. The molecule has 1 amide bonds. The zero-order valence-corrected chi connectivity index (χ0v) is 20.7. The molecule has 1 saturated carbocycles. The molecular weight excluding hydrogens is 497 g/mol. The molecule has 4 rings (SSSR count). The van der Waals surface area contributed by atoms with E-state index in [9.17, 15) is 27.9 Å². The summed E-state index contributed by atoms with van der Waals surface area (Å²) in [5, 5.41) is 12.1. The maximum absolute atomic E-state index is 13.9. The van der Waals surface area contributed by atoms with E-state index in [0.717, 1.165) is 19.8 Å². The van der Waals surface area contributed by atoms with Gasteiger partial charge in [-0.15, -0.1) is 0 Å². The minimum absolute atomic E-state index is 0.0713. The molecule has 36 heavy (non-hydrogen) atoms. The average Bonchev–Trinajstić information content (AvgIpc) is 3.64. The third kappa shape index (κ3) is 5.72. The summed E-state index contributed by atoms with van der Waals surface area (Å²) in [4.78, 5) is 26.6. The number of ether oxygens (including phenoxy) is 1. The van der Waals surface area contributed by atoms with E-state index in [0.29, 0.717) is 30.2 Å². The van der Waals surface area contributed by atoms with E-state index in [2.05, 4.69) is 5.32 Å². The molecule has 2 aromatic carbocycles. The molecule has 1 aliphatic heterocycles. The molecule has 0 saturated heterocycles. The first-order valence-corrected chi connectivity index (χ1v) is 12.2. The maximum atomic E-state index is 13.9. The molecule has 2 aromatic rings. The van der Waals surface area contributed by atoms with Gasteiger partial charge in [0.1, 0.15) is 12.4 Å². The number of amides is 1. The second-order valence-corrected chi connectivity index (χ2v) is 9.98. The Morgan fingerprint density at radius 1 is 1.19 bits per heavy atom. The molecule has 1 heterocycles. The molecule has 3 atom stereocenters. The summed E-state index contributed by atoms with van der Waals surface area (Å²) in [5.41, 5.74) is 1.68. The Bertz CT molecular complexity index is 1150. The quantitative estimate of drug-likeness (QED) is 0.439. The zero-order valence-electron chi connectivity index (χ0n) is 19.9. The van der Waals surface area contributed by atoms with Crippen molar-refractivity contribution in [1.82, 2.24) is 0 Å². The van der Waals surface area contributed by atoms with E-state index in [-0.39, 0.29) is 34.5 Å². The van der Waals surface area contributed by atoms with Gasteiger partial charge in [0.25, 0.3) is 0 Å². The van der Waals surface area contributed by atoms with Crippen molar-refractivity contribution in [3.63, 3.8) is 0 Å². The number of benzene rings is 2. The van der Waals surface area contributed by atoms with Gasteiger partial charge >= 0.3 is 12.1 Å². The number of carbonyl (C=O) groups is 2. The number of alkyl halides is 3. The fraction of sp³-hybridized carbons (Fsp3) is 0.462. The van der Waals surface area contributed by atoms with Crippen LogP contribution in [0.1, 0.15) is 49.1 Å². The number of rotatable bonds is 8. The van der Waals surface area contributed by atoms with Crippen LogP contribution in [-0.4, -0.2) is 43.4 Å². The van der Waals surface area contributed by atoms with Crippen molar-refractivity contribution in [1.29, 1.82) is 0 Å². The minimum atomic E-state index is -4.62. The van der Waals surface area contributed by atoms with Crippen molar-refractivity contribution in [3.8, 4) is 5.75 Å². The molecule has 6 nitrogen and oxygen atoms in total. The molecule has 1 aliphatic carbocycles. The number of carbonyl (C=O) groups excluding carboxylic acids is 1. The lowest BCUT2D eigenvalue weighted by atomic mass is 9.85. The number of fused-ring (bicyclic) bond motifs is 1. The summed E-state index contributed by atoms with van der Waals surface area (Å²) < 4.78 is 47.2. The van der Waals surface area contributed by atoms with Crippen molar-refractivity contribution >= 4 is 34.9 Å². The Kier molecular flexibility index (Phi) is 7.41. The van der Waals surface area contributed by atoms with Crippen molar-refractivity contribution in [2.75, 3.05) is 30.4 Å². The number of carboxylic acids is 1. The summed E-state index contributed by atoms with van der Waals surface area (Å²) in [5.74, 6) is -4.78. The van der Waals surface area contributed by atoms with Gasteiger partial charge in [0.05, 0.1) is 41.2 Å². The number of likely N-dealkylation sites (N-methyl/N-ethyl adjacent to an activating group) is 1. The van der Waals surface area contributed by atoms with E-state index < -0.39 is 29.9 Å². The molecule has 0 aromatic heterocycles. The Hall–Kier alpha value is -2.94. The highest BCUT2D eigenvalue weighted by Crippen LogP contribution is 2.46. The summed E-state index contributed by atoms with van der Waals surface area (Å²) in [7, 11) is 1.81. The van der Waals surface area contributed by atoms with Gasteiger partial charge in [0.15, 0.2) is 0 Å². The Morgan fingerprint density at radius 3 is 2.53 bits per heavy atom. The van der Waals surface area contributed by atoms with Crippen LogP contribution in [0.25, 0.3) is 0 Å². The Balaban J connectivity index is 1.66. The summed E-state index contributed by atoms with van der Waals surface area (Å²) in [6.07, 6.45) is -2.88. The number of hydrogen-bond acceptors (Lipinski definition) is 4. The monoisotopic (exact) mass is 524 g/mol. The Morgan fingerprint density at radius 2 is 1.89 bits per heavy atom. The summed E-state index contributed by atoms with van der Waals surface area (Å²) in [6.45, 7) is 2.02. The fourth-order valence-electron chi connectivity index (χ4n) is 4.74. The largest absolute Gasteiger partial charge is 0.490 e. The summed E-state index contributed by atoms with van der Waals surface area (Å²) in [6, 6.07) is 9.46. The fourth-order valence-corrected chi connectivity index (χ4v) is 4.91. The van der Waals surface area contributed by atoms with Crippen molar-refractivity contribution in [2.24, 2.45) is 11.8 Å². The van der Waals surface area contributed by atoms with Crippen LogP contribution < -0.4 is 15.0 Å². The standard InChI is InChI=1S/C26H28ClF3N2O4/c1-14(26(28,29)30)24(17-6-8-22-21(12-17)32(2)9-10-36-22)25(35)31-20-11-16(5-7-19(20)27)18(13-23(33)34)15-3-4-15/h5-8,11-12,14-15,18,24H,3-4,9-10,13H2,1-2H3,(H,31,35)(H,33,34)/t14-,18+,24+/m1/s1. The van der Waals surface area contributed by atoms with Crippen LogP contribution in [0.5, 0.6) is 5.75 Å².